The Bertz CT molecular complexity index is 315. The summed E-state index contributed by atoms with van der Waals surface area (Å²) >= 11 is 0. The molecular formula is C13H22N2O3. The maximum absolute atomic E-state index is 11.9. The van der Waals surface area contributed by atoms with E-state index in [4.69, 9.17) is 5.11 Å². The summed E-state index contributed by atoms with van der Waals surface area (Å²) in [6.07, 6.45) is 5.64. The van der Waals surface area contributed by atoms with E-state index in [1.807, 2.05) is 4.90 Å². The van der Waals surface area contributed by atoms with Crippen LogP contribution in [0.15, 0.2) is 0 Å². The minimum Gasteiger partial charge on any atom is -0.481 e. The molecular weight excluding hydrogens is 232 g/mol. The lowest BCUT2D eigenvalue weighted by molar-refractivity contribution is -0.137. The Hall–Kier alpha value is -1.26. The Kier molecular flexibility index (Phi) is 4.44. The number of nitrogens with one attached hydrogen (secondary N) is 1. The normalized spacial score (nSPS) is 23.8. The number of urea groups is 1. The Morgan fingerprint density at radius 2 is 2.00 bits per heavy atom. The molecule has 1 saturated heterocycles. The van der Waals surface area contributed by atoms with Gasteiger partial charge in [0.1, 0.15) is 0 Å². The smallest absolute Gasteiger partial charge is 0.317 e. The summed E-state index contributed by atoms with van der Waals surface area (Å²) in [6, 6.07) is -0.0225. The summed E-state index contributed by atoms with van der Waals surface area (Å²) in [6.45, 7) is 2.18. The first-order valence-electron chi connectivity index (χ1n) is 6.91. The number of hydrogen-bond donors (Lipinski definition) is 2. The number of carboxylic acid groups (broad SMARTS) is 1. The Morgan fingerprint density at radius 1 is 1.22 bits per heavy atom. The van der Waals surface area contributed by atoms with Crippen molar-refractivity contribution in [3.63, 3.8) is 0 Å². The van der Waals surface area contributed by atoms with E-state index in [1.54, 1.807) is 0 Å². The van der Waals surface area contributed by atoms with Gasteiger partial charge < -0.3 is 15.3 Å². The number of amides is 2. The summed E-state index contributed by atoms with van der Waals surface area (Å²) in [5, 5.41) is 11.3. The summed E-state index contributed by atoms with van der Waals surface area (Å²) < 4.78 is 0. The number of piperidine rings is 1. The largest absolute Gasteiger partial charge is 0.481 e. The molecule has 18 heavy (non-hydrogen) atoms. The van der Waals surface area contributed by atoms with Crippen molar-refractivity contribution < 1.29 is 14.7 Å². The Labute approximate surface area is 108 Å². The molecule has 0 aromatic carbocycles. The third kappa shape index (κ3) is 3.89. The van der Waals surface area contributed by atoms with E-state index >= 15 is 0 Å². The maximum atomic E-state index is 11.9. The van der Waals surface area contributed by atoms with Crippen molar-refractivity contribution in [1.82, 2.24) is 10.2 Å². The third-order valence-electron chi connectivity index (χ3n) is 3.88. The summed E-state index contributed by atoms with van der Waals surface area (Å²) in [4.78, 5) is 24.1. The van der Waals surface area contributed by atoms with Gasteiger partial charge in [0.15, 0.2) is 0 Å². The van der Waals surface area contributed by atoms with Crippen LogP contribution in [0, 0.1) is 11.8 Å². The quantitative estimate of drug-likeness (QED) is 0.733. The molecule has 2 amide bonds. The molecule has 0 bridgehead atoms. The molecule has 1 saturated carbocycles. The van der Waals surface area contributed by atoms with Crippen molar-refractivity contribution in [2.45, 2.75) is 38.5 Å². The van der Waals surface area contributed by atoms with Gasteiger partial charge in [-0.05, 0) is 43.9 Å². The lowest BCUT2D eigenvalue weighted by Gasteiger charge is -2.32. The lowest BCUT2D eigenvalue weighted by Crippen LogP contribution is -2.46. The van der Waals surface area contributed by atoms with Crippen molar-refractivity contribution in [3.8, 4) is 0 Å². The van der Waals surface area contributed by atoms with Crippen LogP contribution in [-0.4, -0.2) is 41.6 Å². The van der Waals surface area contributed by atoms with Gasteiger partial charge in [0.05, 0.1) is 0 Å². The minimum atomic E-state index is -0.809. The highest BCUT2D eigenvalue weighted by atomic mass is 16.4. The van der Waals surface area contributed by atoms with Gasteiger partial charge in [-0.1, -0.05) is 0 Å². The molecule has 5 heteroatoms. The highest BCUT2D eigenvalue weighted by Crippen LogP contribution is 2.40. The fourth-order valence-electron chi connectivity index (χ4n) is 2.69. The first-order valence-corrected chi connectivity index (χ1v) is 6.91. The van der Waals surface area contributed by atoms with Gasteiger partial charge in [-0.3, -0.25) is 4.79 Å². The standard InChI is InChI=1S/C13H22N2O3/c16-12(17)4-1-7-14-13(18)15-8-2-3-11(9-15)10-5-6-10/h10-11H,1-9H2,(H,14,18)(H,16,17). The van der Waals surface area contributed by atoms with E-state index in [0.717, 1.165) is 25.4 Å². The van der Waals surface area contributed by atoms with Crippen LogP contribution in [0.5, 0.6) is 0 Å². The van der Waals surface area contributed by atoms with Crippen LogP contribution in [0.3, 0.4) is 0 Å². The molecule has 2 rings (SSSR count). The molecule has 1 unspecified atom stereocenters. The van der Waals surface area contributed by atoms with Crippen LogP contribution in [-0.2, 0) is 4.79 Å². The van der Waals surface area contributed by atoms with Crippen molar-refractivity contribution in [3.05, 3.63) is 0 Å². The average molecular weight is 254 g/mol. The van der Waals surface area contributed by atoms with Gasteiger partial charge >= 0.3 is 12.0 Å². The van der Waals surface area contributed by atoms with Gasteiger partial charge in [-0.15, -0.1) is 0 Å². The van der Waals surface area contributed by atoms with Crippen LogP contribution in [0.2, 0.25) is 0 Å². The van der Waals surface area contributed by atoms with E-state index in [1.165, 1.54) is 19.3 Å². The topological polar surface area (TPSA) is 69.6 Å². The van der Waals surface area contributed by atoms with Crippen LogP contribution in [0.25, 0.3) is 0 Å². The van der Waals surface area contributed by atoms with Crippen molar-refractivity contribution in [1.29, 1.82) is 0 Å². The predicted octanol–water partition coefficient (Wildman–Crippen LogP) is 1.68. The molecule has 0 spiro atoms. The van der Waals surface area contributed by atoms with Crippen molar-refractivity contribution in [2.75, 3.05) is 19.6 Å². The minimum absolute atomic E-state index is 0.0225. The third-order valence-corrected chi connectivity index (χ3v) is 3.88. The van der Waals surface area contributed by atoms with E-state index in [-0.39, 0.29) is 12.5 Å². The zero-order valence-electron chi connectivity index (χ0n) is 10.7. The fourth-order valence-corrected chi connectivity index (χ4v) is 2.69. The van der Waals surface area contributed by atoms with Gasteiger partial charge in [-0.25, -0.2) is 4.79 Å². The zero-order valence-corrected chi connectivity index (χ0v) is 10.7. The average Bonchev–Trinajstić information content (AvgIpc) is 3.18. The second-order valence-corrected chi connectivity index (χ2v) is 5.41. The summed E-state index contributed by atoms with van der Waals surface area (Å²) in [5.41, 5.74) is 0. The number of rotatable bonds is 5. The van der Waals surface area contributed by atoms with E-state index in [9.17, 15) is 9.59 Å². The van der Waals surface area contributed by atoms with Gasteiger partial charge in [-0.2, -0.15) is 0 Å². The number of carboxylic acids is 1. The molecule has 2 fully saturated rings. The van der Waals surface area contributed by atoms with Crippen molar-refractivity contribution in [2.24, 2.45) is 11.8 Å². The van der Waals surface area contributed by atoms with Crippen LogP contribution < -0.4 is 5.32 Å². The molecule has 0 radical (unpaired) electrons. The molecule has 2 aliphatic rings. The first-order chi connectivity index (χ1) is 8.66. The van der Waals surface area contributed by atoms with Gasteiger partial charge in [0.25, 0.3) is 0 Å². The summed E-state index contributed by atoms with van der Waals surface area (Å²) in [7, 11) is 0. The van der Waals surface area contributed by atoms with Gasteiger partial charge in [0.2, 0.25) is 0 Å². The number of aliphatic carboxylic acids is 1. The van der Waals surface area contributed by atoms with Crippen molar-refractivity contribution >= 4 is 12.0 Å². The van der Waals surface area contributed by atoms with E-state index < -0.39 is 5.97 Å². The lowest BCUT2D eigenvalue weighted by atomic mass is 9.94. The molecule has 5 nitrogen and oxygen atoms in total. The molecule has 0 aromatic rings. The van der Waals surface area contributed by atoms with Crippen LogP contribution in [0.4, 0.5) is 4.79 Å². The second-order valence-electron chi connectivity index (χ2n) is 5.41. The maximum Gasteiger partial charge on any atom is 0.317 e. The zero-order chi connectivity index (χ0) is 13.0. The van der Waals surface area contributed by atoms with Crippen LogP contribution in [0.1, 0.15) is 38.5 Å². The second kappa shape index (κ2) is 6.07. The number of carbonyl (C=O) groups is 2. The Balaban J connectivity index is 1.66. The molecule has 1 heterocycles. The number of likely N-dealkylation sites (tertiary alicyclic amines) is 1. The molecule has 1 aliphatic carbocycles. The van der Waals surface area contributed by atoms with Crippen LogP contribution >= 0.6 is 0 Å². The highest BCUT2D eigenvalue weighted by Gasteiger charge is 2.35. The summed E-state index contributed by atoms with van der Waals surface area (Å²) in [5.74, 6) is 0.743. The highest BCUT2D eigenvalue weighted by molar-refractivity contribution is 5.74. The fraction of sp³-hybridized carbons (Fsp3) is 0.846. The number of nitrogens with zero attached hydrogens (tertiary/aromatic N) is 1. The Morgan fingerprint density at radius 3 is 2.67 bits per heavy atom. The number of hydrogen-bond acceptors (Lipinski definition) is 2. The molecule has 102 valence electrons. The number of carbonyl (C=O) groups excluding carboxylic acids is 1. The molecule has 1 atom stereocenters. The SMILES string of the molecule is O=C(O)CCCNC(=O)N1CCCC(C2CC2)C1. The molecule has 0 aromatic heterocycles. The van der Waals surface area contributed by atoms with Gasteiger partial charge in [0, 0.05) is 26.1 Å². The van der Waals surface area contributed by atoms with E-state index in [0.29, 0.717) is 18.9 Å². The molecule has 1 aliphatic heterocycles. The first kappa shape index (κ1) is 13.2. The van der Waals surface area contributed by atoms with E-state index in [2.05, 4.69) is 5.32 Å². The predicted molar refractivity (Wildman–Crippen MR) is 67.3 cm³/mol. The monoisotopic (exact) mass is 254 g/mol. The molecule has 2 N–H and O–H groups in total.